The Hall–Kier alpha value is -3.35. The average molecular weight is 329 g/mol. The number of amides is 1. The van der Waals surface area contributed by atoms with E-state index in [9.17, 15) is 14.4 Å². The van der Waals surface area contributed by atoms with E-state index in [-0.39, 0.29) is 18.1 Å². The minimum Gasteiger partial charge on any atom is -0.443 e. The molecule has 7 heteroatoms. The zero-order valence-electron chi connectivity index (χ0n) is 12.9. The van der Waals surface area contributed by atoms with E-state index >= 15 is 0 Å². The molecule has 2 aromatic rings. The van der Waals surface area contributed by atoms with Gasteiger partial charge in [0.1, 0.15) is 12.4 Å². The molecule has 24 heavy (non-hydrogen) atoms. The Balaban J connectivity index is 1.72. The number of benzene rings is 2. The zero-order valence-corrected chi connectivity index (χ0v) is 12.9. The first-order valence-electron chi connectivity index (χ1n) is 7.01. The standard InChI is InChI=1S/C17H15NO6/c1-12(19)14-7-9-15(10-8-14)23-17(21)24-18-16(20)22-11-13-5-3-2-4-6-13/h2-10H,11H2,1H3,(H,18,20). The van der Waals surface area contributed by atoms with Crippen molar-refractivity contribution in [2.45, 2.75) is 13.5 Å². The molecule has 0 unspecified atom stereocenters. The molecule has 2 rings (SSSR count). The summed E-state index contributed by atoms with van der Waals surface area (Å²) in [6.45, 7) is 1.46. The van der Waals surface area contributed by atoms with E-state index in [1.165, 1.54) is 31.2 Å². The highest BCUT2D eigenvalue weighted by molar-refractivity contribution is 5.94. The molecule has 0 heterocycles. The number of ketones is 1. The van der Waals surface area contributed by atoms with E-state index in [1.54, 1.807) is 12.1 Å². The van der Waals surface area contributed by atoms with Gasteiger partial charge in [-0.05, 0) is 36.8 Å². The lowest BCUT2D eigenvalue weighted by molar-refractivity contribution is 0.0363. The molecular weight excluding hydrogens is 314 g/mol. The molecule has 1 N–H and O–H groups in total. The van der Waals surface area contributed by atoms with Gasteiger partial charge < -0.3 is 14.3 Å². The molecule has 0 saturated carbocycles. The van der Waals surface area contributed by atoms with Gasteiger partial charge in [-0.25, -0.2) is 9.59 Å². The molecule has 0 aliphatic carbocycles. The second kappa shape index (κ2) is 8.33. The maximum atomic E-state index is 11.4. The lowest BCUT2D eigenvalue weighted by Crippen LogP contribution is -2.29. The molecule has 0 atom stereocenters. The molecule has 0 aromatic heterocycles. The molecule has 7 nitrogen and oxygen atoms in total. The number of hydroxylamine groups is 1. The van der Waals surface area contributed by atoms with Gasteiger partial charge in [0.2, 0.25) is 0 Å². The van der Waals surface area contributed by atoms with Gasteiger partial charge in [-0.1, -0.05) is 30.3 Å². The Morgan fingerprint density at radius 1 is 0.958 bits per heavy atom. The van der Waals surface area contributed by atoms with Crippen LogP contribution in [-0.2, 0) is 16.2 Å². The van der Waals surface area contributed by atoms with Crippen LogP contribution in [-0.4, -0.2) is 18.0 Å². The summed E-state index contributed by atoms with van der Waals surface area (Å²) >= 11 is 0. The number of carbonyl (C=O) groups is 3. The molecule has 0 saturated heterocycles. The number of rotatable bonds is 4. The van der Waals surface area contributed by atoms with Gasteiger partial charge in [-0.2, -0.15) is 0 Å². The molecule has 124 valence electrons. The molecular formula is C17H15NO6. The molecule has 0 fully saturated rings. The Kier molecular flexibility index (Phi) is 5.90. The monoisotopic (exact) mass is 329 g/mol. The van der Waals surface area contributed by atoms with E-state index in [0.29, 0.717) is 5.56 Å². The third-order valence-corrected chi connectivity index (χ3v) is 2.89. The van der Waals surface area contributed by atoms with E-state index in [4.69, 9.17) is 9.47 Å². The molecule has 1 amide bonds. The van der Waals surface area contributed by atoms with Crippen molar-refractivity contribution in [1.29, 1.82) is 0 Å². The Morgan fingerprint density at radius 3 is 2.25 bits per heavy atom. The topological polar surface area (TPSA) is 90.9 Å². The van der Waals surface area contributed by atoms with Crippen LogP contribution in [0.1, 0.15) is 22.8 Å². The van der Waals surface area contributed by atoms with Crippen LogP contribution in [0.4, 0.5) is 9.59 Å². The summed E-state index contributed by atoms with van der Waals surface area (Å²) in [4.78, 5) is 38.4. The third kappa shape index (κ3) is 5.45. The molecule has 0 aliphatic heterocycles. The van der Waals surface area contributed by atoms with E-state index < -0.39 is 12.2 Å². The van der Waals surface area contributed by atoms with Crippen LogP contribution in [0.2, 0.25) is 0 Å². The van der Waals surface area contributed by atoms with Crippen molar-refractivity contribution < 1.29 is 28.7 Å². The van der Waals surface area contributed by atoms with Crippen molar-refractivity contribution in [3.8, 4) is 5.75 Å². The second-order valence-corrected chi connectivity index (χ2v) is 4.70. The number of ether oxygens (including phenoxy) is 2. The van der Waals surface area contributed by atoms with Crippen LogP contribution in [0, 0.1) is 0 Å². The van der Waals surface area contributed by atoms with Crippen LogP contribution in [0.25, 0.3) is 0 Å². The van der Waals surface area contributed by atoms with Crippen LogP contribution in [0.15, 0.2) is 54.6 Å². The molecule has 0 radical (unpaired) electrons. The predicted octanol–water partition coefficient (Wildman–Crippen LogP) is 3.25. The van der Waals surface area contributed by atoms with Gasteiger partial charge >= 0.3 is 12.2 Å². The highest BCUT2D eigenvalue weighted by Gasteiger charge is 2.10. The molecule has 0 aliphatic rings. The summed E-state index contributed by atoms with van der Waals surface area (Å²) in [7, 11) is 0. The van der Waals surface area contributed by atoms with Gasteiger partial charge in [0.25, 0.3) is 0 Å². The van der Waals surface area contributed by atoms with Crippen LogP contribution in [0.3, 0.4) is 0 Å². The summed E-state index contributed by atoms with van der Waals surface area (Å²) in [6.07, 6.45) is -2.06. The van der Waals surface area contributed by atoms with Crippen molar-refractivity contribution in [3.05, 3.63) is 65.7 Å². The highest BCUT2D eigenvalue weighted by atomic mass is 16.8. The predicted molar refractivity (Wildman–Crippen MR) is 83.3 cm³/mol. The third-order valence-electron chi connectivity index (χ3n) is 2.89. The summed E-state index contributed by atoms with van der Waals surface area (Å²) in [5.74, 6) is 0.0661. The van der Waals surface area contributed by atoms with Gasteiger partial charge in [-0.15, -0.1) is 5.48 Å². The number of hydrogen-bond donors (Lipinski definition) is 1. The number of hydrogen-bond acceptors (Lipinski definition) is 6. The van der Waals surface area contributed by atoms with Crippen molar-refractivity contribution in [3.63, 3.8) is 0 Å². The van der Waals surface area contributed by atoms with Gasteiger partial charge in [0.05, 0.1) is 0 Å². The Morgan fingerprint density at radius 2 is 1.62 bits per heavy atom. The number of Topliss-reactive ketones (excluding diaryl/α,β-unsaturated/α-hetero) is 1. The largest absolute Gasteiger partial charge is 0.539 e. The summed E-state index contributed by atoms with van der Waals surface area (Å²) in [5, 5.41) is 0. The summed E-state index contributed by atoms with van der Waals surface area (Å²) in [5.41, 5.74) is 3.09. The summed E-state index contributed by atoms with van der Waals surface area (Å²) in [6, 6.07) is 14.9. The van der Waals surface area contributed by atoms with Gasteiger partial charge in [-0.3, -0.25) is 4.79 Å². The SMILES string of the molecule is CC(=O)c1ccc(OC(=O)ONC(=O)OCc2ccccc2)cc1. The highest BCUT2D eigenvalue weighted by Crippen LogP contribution is 2.13. The lowest BCUT2D eigenvalue weighted by atomic mass is 10.1. The minimum atomic E-state index is -1.14. The molecule has 2 aromatic carbocycles. The Bertz CT molecular complexity index is 712. The van der Waals surface area contributed by atoms with Gasteiger partial charge in [0, 0.05) is 5.56 Å². The quantitative estimate of drug-likeness (QED) is 0.401. The van der Waals surface area contributed by atoms with Crippen LogP contribution >= 0.6 is 0 Å². The van der Waals surface area contributed by atoms with E-state index in [0.717, 1.165) is 5.56 Å². The minimum absolute atomic E-state index is 0.0393. The summed E-state index contributed by atoms with van der Waals surface area (Å²) < 4.78 is 9.67. The van der Waals surface area contributed by atoms with Crippen molar-refractivity contribution >= 4 is 18.0 Å². The van der Waals surface area contributed by atoms with Crippen LogP contribution < -0.4 is 10.2 Å². The maximum absolute atomic E-state index is 11.4. The first-order valence-corrected chi connectivity index (χ1v) is 7.01. The Labute approximate surface area is 138 Å². The lowest BCUT2D eigenvalue weighted by Gasteiger charge is -2.07. The fraction of sp³-hybridized carbons (Fsp3) is 0.118. The van der Waals surface area contributed by atoms with Crippen molar-refractivity contribution in [2.75, 3.05) is 0 Å². The maximum Gasteiger partial charge on any atom is 0.539 e. The first-order chi connectivity index (χ1) is 11.5. The normalized spacial score (nSPS) is 9.71. The average Bonchev–Trinajstić information content (AvgIpc) is 2.59. The molecule has 0 bridgehead atoms. The smallest absolute Gasteiger partial charge is 0.443 e. The first kappa shape index (κ1) is 17.0. The zero-order chi connectivity index (χ0) is 17.4. The fourth-order valence-corrected chi connectivity index (χ4v) is 1.71. The van der Waals surface area contributed by atoms with E-state index in [2.05, 4.69) is 4.84 Å². The van der Waals surface area contributed by atoms with Crippen LogP contribution in [0.5, 0.6) is 5.75 Å². The van der Waals surface area contributed by atoms with E-state index in [1.807, 2.05) is 23.7 Å². The van der Waals surface area contributed by atoms with Crippen molar-refractivity contribution in [2.24, 2.45) is 0 Å². The fourth-order valence-electron chi connectivity index (χ4n) is 1.71. The van der Waals surface area contributed by atoms with Gasteiger partial charge in [0.15, 0.2) is 5.78 Å². The number of nitrogens with one attached hydrogen (secondary N) is 1. The molecule has 0 spiro atoms. The second-order valence-electron chi connectivity index (χ2n) is 4.70. The number of carbonyl (C=O) groups excluding carboxylic acids is 3. The van der Waals surface area contributed by atoms with Crippen molar-refractivity contribution in [1.82, 2.24) is 5.48 Å².